The summed E-state index contributed by atoms with van der Waals surface area (Å²) in [4.78, 5) is 25.0. The number of methoxy groups -OCH3 is 1. The number of furan rings is 1. The maximum absolute atomic E-state index is 12.2. The Kier molecular flexibility index (Phi) is 7.05. The smallest absolute Gasteiger partial charge is 0.407 e. The second kappa shape index (κ2) is 9.91. The molecule has 8 nitrogen and oxygen atoms in total. The van der Waals surface area contributed by atoms with Crippen LogP contribution in [-0.2, 0) is 27.1 Å². The largest absolute Gasteiger partial charge is 0.472 e. The van der Waals surface area contributed by atoms with E-state index in [0.29, 0.717) is 43.0 Å². The summed E-state index contributed by atoms with van der Waals surface area (Å²) in [5.41, 5.74) is 2.18. The van der Waals surface area contributed by atoms with Crippen molar-refractivity contribution in [2.24, 2.45) is 0 Å². The molecule has 2 N–H and O–H groups in total. The highest BCUT2D eigenvalue weighted by atomic mass is 32.1. The van der Waals surface area contributed by atoms with E-state index in [9.17, 15) is 14.9 Å². The number of carbonyl (C=O) groups excluding carboxylic acids is 2. The van der Waals surface area contributed by atoms with Gasteiger partial charge in [-0.2, -0.15) is 5.26 Å². The van der Waals surface area contributed by atoms with Crippen molar-refractivity contribution in [1.82, 2.24) is 5.32 Å². The van der Waals surface area contributed by atoms with Gasteiger partial charge in [0.05, 0.1) is 24.7 Å². The molecule has 2 heterocycles. The summed E-state index contributed by atoms with van der Waals surface area (Å²) in [7, 11) is 1.56. The van der Waals surface area contributed by atoms with Crippen LogP contribution >= 0.6 is 11.3 Å². The van der Waals surface area contributed by atoms with Crippen LogP contribution in [0, 0.1) is 11.3 Å². The molecule has 0 saturated carbocycles. The highest BCUT2D eigenvalue weighted by Crippen LogP contribution is 2.38. The molecular weight excluding hydrogens is 394 g/mol. The second-order valence-electron chi connectivity index (χ2n) is 6.39. The van der Waals surface area contributed by atoms with Crippen molar-refractivity contribution in [3.8, 4) is 6.07 Å². The molecule has 0 radical (unpaired) electrons. The number of ether oxygens (including phenoxy) is 2. The zero-order valence-corrected chi connectivity index (χ0v) is 16.7. The van der Waals surface area contributed by atoms with Gasteiger partial charge in [0.2, 0.25) is 5.91 Å². The van der Waals surface area contributed by atoms with Crippen LogP contribution in [0.5, 0.6) is 0 Å². The first-order chi connectivity index (χ1) is 14.1. The van der Waals surface area contributed by atoms with E-state index in [-0.39, 0.29) is 12.0 Å². The lowest BCUT2D eigenvalue weighted by Crippen LogP contribution is -2.33. The number of amides is 2. The first-order valence-corrected chi connectivity index (χ1v) is 9.91. The van der Waals surface area contributed by atoms with Crippen molar-refractivity contribution < 1.29 is 23.5 Å². The van der Waals surface area contributed by atoms with E-state index >= 15 is 0 Å². The SMILES string of the molecule is COCCNC(=O)OC1CCc2c(sc(NC(=O)C=Cc3ccoc3)c2C#N)C1. The van der Waals surface area contributed by atoms with Crippen molar-refractivity contribution in [2.45, 2.75) is 25.4 Å². The van der Waals surface area contributed by atoms with Gasteiger partial charge in [0.1, 0.15) is 17.2 Å². The van der Waals surface area contributed by atoms with Crippen LogP contribution in [0.2, 0.25) is 0 Å². The maximum atomic E-state index is 12.2. The Morgan fingerprint density at radius 1 is 1.48 bits per heavy atom. The van der Waals surface area contributed by atoms with E-state index in [1.165, 1.54) is 29.9 Å². The number of nitrogens with one attached hydrogen (secondary N) is 2. The van der Waals surface area contributed by atoms with Crippen LogP contribution in [0.25, 0.3) is 6.08 Å². The molecule has 2 amide bonds. The van der Waals surface area contributed by atoms with Gasteiger partial charge in [0.15, 0.2) is 0 Å². The third kappa shape index (κ3) is 5.47. The summed E-state index contributed by atoms with van der Waals surface area (Å²) in [6.45, 7) is 0.797. The van der Waals surface area contributed by atoms with Crippen molar-refractivity contribution in [3.63, 3.8) is 0 Å². The lowest BCUT2D eigenvalue weighted by molar-refractivity contribution is -0.111. The number of rotatable bonds is 7. The molecule has 0 saturated heterocycles. The quantitative estimate of drug-likeness (QED) is 0.531. The van der Waals surface area contributed by atoms with E-state index in [0.717, 1.165) is 16.0 Å². The summed E-state index contributed by atoms with van der Waals surface area (Å²) < 4.78 is 15.3. The normalized spacial score (nSPS) is 15.5. The molecule has 3 rings (SSSR count). The Bertz CT molecular complexity index is 927. The van der Waals surface area contributed by atoms with Crippen LogP contribution < -0.4 is 10.6 Å². The molecule has 0 spiro atoms. The number of alkyl carbamates (subject to hydrolysis) is 1. The van der Waals surface area contributed by atoms with Gasteiger partial charge in [-0.1, -0.05) is 0 Å². The van der Waals surface area contributed by atoms with E-state index in [1.54, 1.807) is 19.3 Å². The summed E-state index contributed by atoms with van der Waals surface area (Å²) in [6.07, 6.45) is 7.09. The number of nitriles is 1. The van der Waals surface area contributed by atoms with Crippen molar-refractivity contribution in [2.75, 3.05) is 25.6 Å². The molecule has 0 aromatic carbocycles. The van der Waals surface area contributed by atoms with Crippen molar-refractivity contribution >= 4 is 34.4 Å². The summed E-state index contributed by atoms with van der Waals surface area (Å²) in [5.74, 6) is -0.327. The highest BCUT2D eigenvalue weighted by Gasteiger charge is 2.28. The number of hydrogen-bond acceptors (Lipinski definition) is 7. The number of hydrogen-bond donors (Lipinski definition) is 2. The third-order valence-corrected chi connectivity index (χ3v) is 5.56. The molecule has 2 aromatic heterocycles. The van der Waals surface area contributed by atoms with Crippen LogP contribution in [0.3, 0.4) is 0 Å². The van der Waals surface area contributed by atoms with Gasteiger partial charge in [0.25, 0.3) is 0 Å². The van der Waals surface area contributed by atoms with Crippen LogP contribution in [-0.4, -0.2) is 38.4 Å². The fraction of sp³-hybridized carbons (Fsp3) is 0.350. The Morgan fingerprint density at radius 2 is 2.34 bits per heavy atom. The molecule has 152 valence electrons. The van der Waals surface area contributed by atoms with Gasteiger partial charge in [-0.15, -0.1) is 11.3 Å². The van der Waals surface area contributed by atoms with Gasteiger partial charge < -0.3 is 24.5 Å². The minimum atomic E-state index is -0.481. The summed E-state index contributed by atoms with van der Waals surface area (Å²) in [5, 5.41) is 15.5. The molecule has 29 heavy (non-hydrogen) atoms. The first-order valence-electron chi connectivity index (χ1n) is 9.10. The number of fused-ring (bicyclic) bond motifs is 1. The van der Waals surface area contributed by atoms with Crippen molar-refractivity contribution in [1.29, 1.82) is 5.26 Å². The van der Waals surface area contributed by atoms with Crippen LogP contribution in [0.15, 0.2) is 29.1 Å². The fourth-order valence-electron chi connectivity index (χ4n) is 3.01. The van der Waals surface area contributed by atoms with Gasteiger partial charge in [-0.3, -0.25) is 4.79 Å². The number of nitrogens with zero attached hydrogens (tertiary/aromatic N) is 1. The predicted molar refractivity (Wildman–Crippen MR) is 108 cm³/mol. The topological polar surface area (TPSA) is 114 Å². The first kappa shape index (κ1) is 20.6. The molecule has 0 fully saturated rings. The Balaban J connectivity index is 1.63. The van der Waals surface area contributed by atoms with Gasteiger partial charge >= 0.3 is 6.09 Å². The maximum Gasteiger partial charge on any atom is 0.407 e. The van der Waals surface area contributed by atoms with Crippen LogP contribution in [0.4, 0.5) is 9.80 Å². The minimum absolute atomic E-state index is 0.264. The molecule has 1 aliphatic rings. The standard InChI is InChI=1S/C20H21N3O5S/c1-26-9-7-22-20(25)28-14-3-4-15-16(11-21)19(29-17(15)10-14)23-18(24)5-2-13-6-8-27-12-13/h2,5-6,8,12,14H,3-4,7,9-10H2,1H3,(H,22,25)(H,23,24). The molecule has 9 heteroatoms. The molecule has 0 aliphatic heterocycles. The minimum Gasteiger partial charge on any atom is -0.472 e. The third-order valence-electron chi connectivity index (χ3n) is 4.39. The zero-order chi connectivity index (χ0) is 20.6. The van der Waals surface area contributed by atoms with E-state index in [1.807, 2.05) is 0 Å². The number of carbonyl (C=O) groups is 2. The predicted octanol–water partition coefficient (Wildman–Crippen LogP) is 3.09. The Morgan fingerprint density at radius 3 is 3.07 bits per heavy atom. The Hall–Kier alpha value is -3.09. The van der Waals surface area contributed by atoms with E-state index in [4.69, 9.17) is 13.9 Å². The molecule has 1 unspecified atom stereocenters. The molecule has 2 aromatic rings. The number of anilines is 1. The Labute approximate surface area is 172 Å². The van der Waals surface area contributed by atoms with Crippen molar-refractivity contribution in [3.05, 3.63) is 46.2 Å². The fourth-order valence-corrected chi connectivity index (χ4v) is 4.27. The molecular formula is C20H21N3O5S. The molecule has 0 bridgehead atoms. The van der Waals surface area contributed by atoms with E-state index in [2.05, 4.69) is 16.7 Å². The lowest BCUT2D eigenvalue weighted by atomic mass is 9.94. The number of thiophene rings is 1. The molecule has 1 atom stereocenters. The lowest BCUT2D eigenvalue weighted by Gasteiger charge is -2.22. The highest BCUT2D eigenvalue weighted by molar-refractivity contribution is 7.16. The van der Waals surface area contributed by atoms with Gasteiger partial charge in [-0.25, -0.2) is 4.79 Å². The average molecular weight is 415 g/mol. The van der Waals surface area contributed by atoms with Gasteiger partial charge in [-0.05, 0) is 30.5 Å². The van der Waals surface area contributed by atoms with Gasteiger partial charge in [0, 0.05) is 36.6 Å². The monoisotopic (exact) mass is 415 g/mol. The van der Waals surface area contributed by atoms with E-state index < -0.39 is 6.09 Å². The summed E-state index contributed by atoms with van der Waals surface area (Å²) in [6, 6.07) is 3.93. The molecule has 1 aliphatic carbocycles. The zero-order valence-electron chi connectivity index (χ0n) is 15.9. The second-order valence-corrected chi connectivity index (χ2v) is 7.49. The average Bonchev–Trinajstić information content (AvgIpc) is 3.33. The van der Waals surface area contributed by atoms with Crippen LogP contribution in [0.1, 0.15) is 28.0 Å². The summed E-state index contributed by atoms with van der Waals surface area (Å²) >= 11 is 1.35.